The summed E-state index contributed by atoms with van der Waals surface area (Å²) in [4.78, 5) is 23.0. The van der Waals surface area contributed by atoms with E-state index >= 15 is 0 Å². The molecule has 1 saturated heterocycles. The van der Waals surface area contributed by atoms with Crippen LogP contribution in [0.3, 0.4) is 0 Å². The molecule has 2 rings (SSSR count). The number of rotatable bonds is 2. The molecule has 0 bridgehead atoms. The van der Waals surface area contributed by atoms with Gasteiger partial charge < -0.3 is 15.1 Å². The number of hydrogen-bond acceptors (Lipinski definition) is 4. The molecule has 0 aliphatic carbocycles. The van der Waals surface area contributed by atoms with E-state index in [9.17, 15) is 4.39 Å². The third-order valence-corrected chi connectivity index (χ3v) is 3.29. The maximum Gasteiger partial charge on any atom is 0.414 e. The van der Waals surface area contributed by atoms with E-state index in [1.807, 2.05) is 6.07 Å². The van der Waals surface area contributed by atoms with Gasteiger partial charge in [0.15, 0.2) is 0 Å². The summed E-state index contributed by atoms with van der Waals surface area (Å²) in [5.74, 6) is -3.78. The third kappa shape index (κ3) is 7.14. The van der Waals surface area contributed by atoms with Crippen LogP contribution >= 0.6 is 0 Å². The van der Waals surface area contributed by atoms with Crippen molar-refractivity contribution in [2.75, 3.05) is 33.2 Å². The van der Waals surface area contributed by atoms with Crippen molar-refractivity contribution in [2.24, 2.45) is 0 Å². The molecule has 0 radical (unpaired) electrons. The van der Waals surface area contributed by atoms with E-state index in [1.54, 1.807) is 12.1 Å². The van der Waals surface area contributed by atoms with E-state index in [0.717, 1.165) is 31.7 Å². The van der Waals surface area contributed by atoms with Crippen LogP contribution in [0.5, 0.6) is 0 Å². The number of hydrogen-bond donors (Lipinski definition) is 2. The van der Waals surface area contributed by atoms with E-state index in [2.05, 4.69) is 16.8 Å². The second kappa shape index (κ2) is 9.11. The minimum absolute atomic E-state index is 0.135. The van der Waals surface area contributed by atoms with Gasteiger partial charge in [-0.3, -0.25) is 4.90 Å². The number of carboxylic acid groups (broad SMARTS) is 2. The molecule has 7 heteroatoms. The molecule has 122 valence electrons. The lowest BCUT2D eigenvalue weighted by atomic mass is 10.2. The number of halogens is 1. The molecule has 0 unspecified atom stereocenters. The van der Waals surface area contributed by atoms with Crippen molar-refractivity contribution in [1.82, 2.24) is 9.80 Å². The van der Waals surface area contributed by atoms with Gasteiger partial charge >= 0.3 is 11.9 Å². The van der Waals surface area contributed by atoms with Gasteiger partial charge in [0.2, 0.25) is 0 Å². The number of aliphatic carboxylic acids is 2. The first kappa shape index (κ1) is 18.1. The van der Waals surface area contributed by atoms with Crippen LogP contribution in [0.4, 0.5) is 4.39 Å². The molecule has 0 spiro atoms. The molecule has 22 heavy (non-hydrogen) atoms. The van der Waals surface area contributed by atoms with Gasteiger partial charge in [-0.05, 0) is 44.3 Å². The molecule has 1 aromatic carbocycles. The summed E-state index contributed by atoms with van der Waals surface area (Å²) in [6.45, 7) is 5.33. The van der Waals surface area contributed by atoms with Gasteiger partial charge in [0, 0.05) is 19.6 Å². The van der Waals surface area contributed by atoms with Gasteiger partial charge in [-0.1, -0.05) is 12.1 Å². The Kier molecular flexibility index (Phi) is 7.48. The van der Waals surface area contributed by atoms with Crippen molar-refractivity contribution in [2.45, 2.75) is 13.0 Å². The fourth-order valence-corrected chi connectivity index (χ4v) is 2.15. The largest absolute Gasteiger partial charge is 0.473 e. The second-order valence-corrected chi connectivity index (χ2v) is 5.17. The second-order valence-electron chi connectivity index (χ2n) is 5.17. The Bertz CT molecular complexity index is 498. The minimum Gasteiger partial charge on any atom is -0.473 e. The molecule has 6 nitrogen and oxygen atoms in total. The fraction of sp³-hybridized carbons (Fsp3) is 0.467. The minimum atomic E-state index is -1.82. The Labute approximate surface area is 128 Å². The van der Waals surface area contributed by atoms with Crippen LogP contribution in [0.1, 0.15) is 12.0 Å². The highest BCUT2D eigenvalue weighted by atomic mass is 19.1. The van der Waals surface area contributed by atoms with Crippen LogP contribution in [0.2, 0.25) is 0 Å². The maximum absolute atomic E-state index is 13.0. The molecule has 0 amide bonds. The Hall–Kier alpha value is -1.99. The van der Waals surface area contributed by atoms with Crippen molar-refractivity contribution in [1.29, 1.82) is 0 Å². The van der Waals surface area contributed by atoms with Gasteiger partial charge in [0.05, 0.1) is 0 Å². The maximum atomic E-state index is 13.0. The van der Waals surface area contributed by atoms with E-state index in [0.29, 0.717) is 0 Å². The number of benzene rings is 1. The quantitative estimate of drug-likeness (QED) is 0.797. The Morgan fingerprint density at radius 3 is 2.41 bits per heavy atom. The number of carboxylic acids is 2. The van der Waals surface area contributed by atoms with Crippen molar-refractivity contribution < 1.29 is 24.2 Å². The van der Waals surface area contributed by atoms with Crippen LogP contribution in [0.15, 0.2) is 24.3 Å². The van der Waals surface area contributed by atoms with E-state index in [1.165, 1.54) is 19.0 Å². The molecule has 0 atom stereocenters. The van der Waals surface area contributed by atoms with Gasteiger partial charge in [-0.2, -0.15) is 0 Å². The lowest BCUT2D eigenvalue weighted by Gasteiger charge is -2.20. The summed E-state index contributed by atoms with van der Waals surface area (Å²) in [6.07, 6.45) is 1.20. The highest BCUT2D eigenvalue weighted by Gasteiger charge is 2.12. The lowest BCUT2D eigenvalue weighted by molar-refractivity contribution is -0.159. The zero-order chi connectivity index (χ0) is 16.5. The lowest BCUT2D eigenvalue weighted by Crippen LogP contribution is -2.28. The first-order valence-electron chi connectivity index (χ1n) is 7.00. The van der Waals surface area contributed by atoms with Gasteiger partial charge in [0.25, 0.3) is 0 Å². The third-order valence-electron chi connectivity index (χ3n) is 3.29. The normalized spacial score (nSPS) is 16.3. The standard InChI is InChI=1S/C13H19FN2.C2H2O4/c1-15-6-3-7-16(9-8-15)11-12-4-2-5-13(14)10-12;3-1(4)2(5)6/h2,4-5,10H,3,6-9,11H2,1H3;(H,3,4)(H,5,6). The van der Waals surface area contributed by atoms with Crippen LogP contribution in [-0.4, -0.2) is 65.2 Å². The highest BCUT2D eigenvalue weighted by Crippen LogP contribution is 2.09. The first-order chi connectivity index (χ1) is 10.4. The van der Waals surface area contributed by atoms with E-state index in [4.69, 9.17) is 19.8 Å². The van der Waals surface area contributed by atoms with E-state index in [-0.39, 0.29) is 5.82 Å². The SMILES string of the molecule is CN1CCCN(Cc2cccc(F)c2)CC1.O=C(O)C(=O)O. The van der Waals surface area contributed by atoms with Crippen molar-refractivity contribution >= 4 is 11.9 Å². The predicted molar refractivity (Wildman–Crippen MR) is 79.1 cm³/mol. The zero-order valence-electron chi connectivity index (χ0n) is 12.5. The summed E-state index contributed by atoms with van der Waals surface area (Å²) >= 11 is 0. The Balaban J connectivity index is 0.000000346. The van der Waals surface area contributed by atoms with Gasteiger partial charge in [0.1, 0.15) is 5.82 Å². The highest BCUT2D eigenvalue weighted by molar-refractivity contribution is 6.27. The molecular weight excluding hydrogens is 291 g/mol. The summed E-state index contributed by atoms with van der Waals surface area (Å²) in [5.41, 5.74) is 1.07. The summed E-state index contributed by atoms with van der Waals surface area (Å²) in [6, 6.07) is 6.92. The average molecular weight is 312 g/mol. The zero-order valence-corrected chi connectivity index (χ0v) is 12.5. The van der Waals surface area contributed by atoms with Crippen LogP contribution in [0.25, 0.3) is 0 Å². The van der Waals surface area contributed by atoms with Crippen molar-refractivity contribution in [3.05, 3.63) is 35.6 Å². The smallest absolute Gasteiger partial charge is 0.414 e. The Morgan fingerprint density at radius 1 is 1.14 bits per heavy atom. The summed E-state index contributed by atoms with van der Waals surface area (Å²) in [5, 5.41) is 14.8. The van der Waals surface area contributed by atoms with Crippen LogP contribution in [-0.2, 0) is 16.1 Å². The molecule has 1 aromatic rings. The van der Waals surface area contributed by atoms with E-state index < -0.39 is 11.9 Å². The molecule has 1 aliphatic rings. The Morgan fingerprint density at radius 2 is 1.82 bits per heavy atom. The molecule has 0 aromatic heterocycles. The van der Waals surface area contributed by atoms with Crippen LogP contribution in [0, 0.1) is 5.82 Å². The predicted octanol–water partition coefficient (Wildman–Crippen LogP) is 1.12. The molecule has 1 aliphatic heterocycles. The van der Waals surface area contributed by atoms with Gasteiger partial charge in [-0.25, -0.2) is 14.0 Å². The number of carbonyl (C=O) groups is 2. The average Bonchev–Trinajstić information content (AvgIpc) is 2.64. The summed E-state index contributed by atoms with van der Waals surface area (Å²) < 4.78 is 13.0. The topological polar surface area (TPSA) is 81.1 Å². The van der Waals surface area contributed by atoms with Gasteiger partial charge in [-0.15, -0.1) is 0 Å². The van der Waals surface area contributed by atoms with Crippen molar-refractivity contribution in [3.63, 3.8) is 0 Å². The summed E-state index contributed by atoms with van der Waals surface area (Å²) in [7, 11) is 2.16. The molecule has 1 fully saturated rings. The number of nitrogens with zero attached hydrogens (tertiary/aromatic N) is 2. The van der Waals surface area contributed by atoms with Crippen LogP contribution < -0.4 is 0 Å². The first-order valence-corrected chi connectivity index (χ1v) is 7.00. The van der Waals surface area contributed by atoms with Crippen molar-refractivity contribution in [3.8, 4) is 0 Å². The molecule has 0 saturated carbocycles. The molecule has 2 N–H and O–H groups in total. The fourth-order valence-electron chi connectivity index (χ4n) is 2.15. The molecular formula is C15H21FN2O4. The molecule has 1 heterocycles. The number of likely N-dealkylation sites (N-methyl/N-ethyl adjacent to an activating group) is 1. The monoisotopic (exact) mass is 312 g/mol.